The monoisotopic (exact) mass is 446 g/mol. The van der Waals surface area contributed by atoms with Crippen molar-refractivity contribution in [2.24, 2.45) is 0 Å². The van der Waals surface area contributed by atoms with E-state index in [1.54, 1.807) is 53.2 Å². The maximum Gasteiger partial charge on any atom is -1.00 e. The smallest absolute Gasteiger partial charge is 1.00 e. The van der Waals surface area contributed by atoms with E-state index in [1.807, 2.05) is 0 Å². The first kappa shape index (κ1) is 21.1. The molecule has 2 rings (SSSR count). The molecule has 2 atom stereocenters. The van der Waals surface area contributed by atoms with Gasteiger partial charge in [-0.15, -0.1) is 0 Å². The summed E-state index contributed by atoms with van der Waals surface area (Å²) < 4.78 is 1.16. The fourth-order valence-corrected chi connectivity index (χ4v) is 20.9. The van der Waals surface area contributed by atoms with Crippen molar-refractivity contribution in [3.05, 3.63) is 21.8 Å². The minimum Gasteiger partial charge on any atom is -1.00 e. The summed E-state index contributed by atoms with van der Waals surface area (Å²) in [5.74, 6) is 0. The Hall–Kier alpha value is 2.14. The topological polar surface area (TPSA) is 0 Å². The van der Waals surface area contributed by atoms with E-state index in [4.69, 9.17) is 0 Å². The Kier molecular flexibility index (Phi) is 8.47. The van der Waals surface area contributed by atoms with Crippen LogP contribution in [0.5, 0.6) is 0 Å². The molecule has 2 aliphatic heterocycles. The van der Waals surface area contributed by atoms with Crippen LogP contribution in [0.3, 0.4) is 0 Å². The van der Waals surface area contributed by atoms with Gasteiger partial charge in [-0.2, -0.15) is 0 Å². The molecule has 104 valence electrons. The van der Waals surface area contributed by atoms with Crippen LogP contribution in [0, 0.1) is 0 Å². The van der Waals surface area contributed by atoms with Crippen LogP contribution in [0.1, 0.15) is 41.5 Å². The van der Waals surface area contributed by atoms with E-state index < -0.39 is 23.2 Å². The quantitative estimate of drug-likeness (QED) is 0.547. The average molecular weight is 448 g/mol. The van der Waals surface area contributed by atoms with Crippen molar-refractivity contribution in [2.45, 2.75) is 47.3 Å². The molecule has 0 N–H and O–H groups in total. The van der Waals surface area contributed by atoms with Gasteiger partial charge in [0, 0.05) is 0 Å². The van der Waals surface area contributed by atoms with E-state index in [0.29, 0.717) is 5.73 Å². The van der Waals surface area contributed by atoms with Gasteiger partial charge in [0.05, 0.1) is 0 Å². The Balaban J connectivity index is 0.00000162. The number of halogens is 2. The van der Waals surface area contributed by atoms with Crippen LogP contribution in [0.15, 0.2) is 21.8 Å². The first-order valence-corrected chi connectivity index (χ1v) is 13.2. The van der Waals surface area contributed by atoms with Crippen LogP contribution in [0.25, 0.3) is 0 Å². The zero-order valence-corrected chi connectivity index (χ0v) is 19.6. The second-order valence-corrected chi connectivity index (χ2v) is 19.0. The summed E-state index contributed by atoms with van der Waals surface area (Å²) in [6, 6.07) is 0. The van der Waals surface area contributed by atoms with Gasteiger partial charge in [0.2, 0.25) is 0 Å². The minimum absolute atomic E-state index is 0. The maximum absolute atomic E-state index is 2.54. The summed E-state index contributed by atoms with van der Waals surface area (Å²) >= 11 is -0.468. The van der Waals surface area contributed by atoms with Gasteiger partial charge in [0.15, 0.2) is 0 Å². The van der Waals surface area contributed by atoms with Gasteiger partial charge in [0.25, 0.3) is 0 Å². The van der Waals surface area contributed by atoms with Gasteiger partial charge in [-0.1, -0.05) is 0 Å². The molecule has 0 radical (unpaired) electrons. The van der Waals surface area contributed by atoms with Crippen molar-refractivity contribution in [2.75, 3.05) is 0 Å². The van der Waals surface area contributed by atoms with Gasteiger partial charge in [-0.25, -0.2) is 0 Å². The van der Waals surface area contributed by atoms with Crippen LogP contribution >= 0.6 is 31.5 Å². The molecule has 0 aromatic rings. The Bertz CT molecular complexity index is 454. The van der Waals surface area contributed by atoms with E-state index in [2.05, 4.69) is 41.5 Å². The standard InChI is InChI=1S/2C6H9P2.2ClH.Zr/c2*1-4-5(2)7-8-6(4)3;;;/h2*1-3H3;2*1H;/q;;;;+2/p-2. The van der Waals surface area contributed by atoms with Crippen molar-refractivity contribution < 1.29 is 48.0 Å². The Morgan fingerprint density at radius 1 is 0.737 bits per heavy atom. The number of hydrogen-bond donors (Lipinski definition) is 0. The molecule has 2 aliphatic rings. The van der Waals surface area contributed by atoms with Gasteiger partial charge in [0.1, 0.15) is 0 Å². The third kappa shape index (κ3) is 4.11. The molecule has 0 saturated carbocycles. The van der Waals surface area contributed by atoms with Crippen LogP contribution in [0.2, 0.25) is 0 Å². The largest absolute Gasteiger partial charge is 1.00 e. The maximum atomic E-state index is 2.54. The summed E-state index contributed by atoms with van der Waals surface area (Å²) in [6.07, 6.45) is 0. The zero-order valence-electron chi connectivity index (χ0n) is 12.0. The average Bonchev–Trinajstić information content (AvgIpc) is 2.66. The molecule has 0 amide bonds. The van der Waals surface area contributed by atoms with Crippen molar-refractivity contribution in [3.8, 4) is 0 Å². The minimum atomic E-state index is -0.468. The second-order valence-electron chi connectivity index (χ2n) is 5.09. The molecule has 0 fully saturated rings. The summed E-state index contributed by atoms with van der Waals surface area (Å²) in [5, 5.41) is 3.29. The second kappa shape index (κ2) is 7.61. The summed E-state index contributed by atoms with van der Waals surface area (Å²) in [6.45, 7) is 14.5. The first-order valence-electron chi connectivity index (χ1n) is 5.79. The summed E-state index contributed by atoms with van der Waals surface area (Å²) in [5.41, 5.74) is 3.44. The van der Waals surface area contributed by atoms with Crippen LogP contribution < -0.4 is 24.8 Å². The Morgan fingerprint density at radius 2 is 1.05 bits per heavy atom. The van der Waals surface area contributed by atoms with Gasteiger partial charge in [-0.05, 0) is 0 Å². The third-order valence-corrected chi connectivity index (χ3v) is 21.6. The molecule has 0 aromatic heterocycles. The van der Waals surface area contributed by atoms with Crippen LogP contribution in [-0.4, -0.2) is 5.73 Å². The van der Waals surface area contributed by atoms with Gasteiger partial charge < -0.3 is 24.8 Å². The molecule has 0 aromatic carbocycles. The molecule has 7 heteroatoms. The molecule has 2 heterocycles. The van der Waals surface area contributed by atoms with Crippen LogP contribution in [-0.2, 0) is 23.2 Å². The molecule has 0 bridgehead atoms. The predicted molar refractivity (Wildman–Crippen MR) is 81.2 cm³/mol. The van der Waals surface area contributed by atoms with Crippen molar-refractivity contribution in [1.29, 1.82) is 0 Å². The van der Waals surface area contributed by atoms with E-state index in [-0.39, 0.29) is 24.8 Å². The van der Waals surface area contributed by atoms with E-state index in [1.165, 1.54) is 0 Å². The normalized spacial score (nSPS) is 35.7. The Morgan fingerprint density at radius 3 is 1.26 bits per heavy atom. The molecule has 0 aliphatic carbocycles. The predicted octanol–water partition coefficient (Wildman–Crippen LogP) is 0.739. The number of allylic oxidation sites excluding steroid dienone is 4. The fraction of sp³-hybridized carbons (Fsp3) is 0.667. The van der Waals surface area contributed by atoms with Crippen molar-refractivity contribution >= 4 is 31.5 Å². The molecule has 2 unspecified atom stereocenters. The zero-order chi connectivity index (χ0) is 12.8. The molecule has 0 spiro atoms. The van der Waals surface area contributed by atoms with E-state index in [0.717, 1.165) is 0 Å². The summed E-state index contributed by atoms with van der Waals surface area (Å²) in [4.78, 5) is 0. The molecular weight excluding hydrogens is 430 g/mol. The van der Waals surface area contributed by atoms with Crippen LogP contribution in [0.4, 0.5) is 0 Å². The number of hydrogen-bond acceptors (Lipinski definition) is 0. The molecule has 19 heavy (non-hydrogen) atoms. The van der Waals surface area contributed by atoms with Crippen molar-refractivity contribution in [1.82, 2.24) is 0 Å². The van der Waals surface area contributed by atoms with Gasteiger partial charge in [-0.3, -0.25) is 0 Å². The van der Waals surface area contributed by atoms with E-state index >= 15 is 0 Å². The molecular formula is C12H18Cl2P4Zr. The SMILES string of the molecule is CC1=C(C)[C](C)([Zr+2][C]2(C)P=PC(C)=C2C)P=P1.[Cl-].[Cl-]. The third-order valence-electron chi connectivity index (χ3n) is 3.83. The molecule has 0 saturated heterocycles. The fourth-order valence-electron chi connectivity index (χ4n) is 2.07. The summed E-state index contributed by atoms with van der Waals surface area (Å²) in [7, 11) is 6.49. The number of rotatable bonds is 2. The first-order chi connectivity index (χ1) is 7.78. The Labute approximate surface area is 147 Å². The van der Waals surface area contributed by atoms with E-state index in [9.17, 15) is 0 Å². The molecule has 0 nitrogen and oxygen atoms in total. The van der Waals surface area contributed by atoms with Crippen molar-refractivity contribution in [3.63, 3.8) is 0 Å². The van der Waals surface area contributed by atoms with Gasteiger partial charge >= 0.3 is 124 Å².